The van der Waals surface area contributed by atoms with Crippen molar-refractivity contribution in [2.24, 2.45) is 0 Å². The second-order valence-corrected chi connectivity index (χ2v) is 7.54. The molecule has 180 valence electrons. The van der Waals surface area contributed by atoms with E-state index in [0.717, 1.165) is 18.2 Å². The molecule has 6 N–H and O–H groups in total. The average molecular weight is 520 g/mol. The molecular weight excluding hydrogens is 498 g/mol. The first-order valence-corrected chi connectivity index (χ1v) is 10.9. The molecule has 1 rings (SSSR count). The standard InChI is InChI=1S/C18H21N3O9S3/c22-13(19-10(4-31)16(25)26)7-1-8(14(23)20-11(5-32)17(27)28)3-9(2-7)15(24)21-12(6-33)18(29)30/h1-3,10-12,31-33H,4-6H2,(H,19,22)(H,20,23)(H,21,24)(H,25,26)(H,27,28)(H,29,30). The fourth-order valence-corrected chi connectivity index (χ4v) is 3.04. The average Bonchev–Trinajstić information content (AvgIpc) is 2.77. The number of carbonyl (C=O) groups is 6. The van der Waals surface area contributed by atoms with Gasteiger partial charge in [0.05, 0.1) is 0 Å². The Bertz CT molecular complexity index is 826. The summed E-state index contributed by atoms with van der Waals surface area (Å²) < 4.78 is 0. The minimum Gasteiger partial charge on any atom is -0.480 e. The Morgan fingerprint density at radius 2 is 0.788 bits per heavy atom. The van der Waals surface area contributed by atoms with Gasteiger partial charge < -0.3 is 31.3 Å². The molecule has 0 spiro atoms. The van der Waals surface area contributed by atoms with Crippen molar-refractivity contribution in [1.82, 2.24) is 16.0 Å². The summed E-state index contributed by atoms with van der Waals surface area (Å²) in [6, 6.07) is -1.08. The fraction of sp³-hybridized carbons (Fsp3) is 0.333. The zero-order valence-corrected chi connectivity index (χ0v) is 19.4. The molecule has 0 saturated heterocycles. The van der Waals surface area contributed by atoms with E-state index >= 15 is 0 Å². The largest absolute Gasteiger partial charge is 0.480 e. The van der Waals surface area contributed by atoms with Crippen LogP contribution in [0.1, 0.15) is 31.1 Å². The lowest BCUT2D eigenvalue weighted by molar-refractivity contribution is -0.139. The van der Waals surface area contributed by atoms with Gasteiger partial charge in [0, 0.05) is 33.9 Å². The number of rotatable bonds is 12. The predicted octanol–water partition coefficient (Wildman–Crippen LogP) is -0.975. The van der Waals surface area contributed by atoms with E-state index in [9.17, 15) is 28.8 Å². The fourth-order valence-electron chi connectivity index (χ4n) is 2.30. The van der Waals surface area contributed by atoms with E-state index < -0.39 is 53.8 Å². The van der Waals surface area contributed by atoms with E-state index in [-0.39, 0.29) is 33.9 Å². The minimum atomic E-state index is -1.38. The Labute approximate surface area is 203 Å². The van der Waals surface area contributed by atoms with Gasteiger partial charge in [0.1, 0.15) is 18.1 Å². The van der Waals surface area contributed by atoms with Gasteiger partial charge in [-0.25, -0.2) is 14.4 Å². The van der Waals surface area contributed by atoms with Crippen LogP contribution in [0.2, 0.25) is 0 Å². The number of carbonyl (C=O) groups excluding carboxylic acids is 3. The van der Waals surface area contributed by atoms with Gasteiger partial charge in [-0.2, -0.15) is 37.9 Å². The molecule has 15 heteroatoms. The summed E-state index contributed by atoms with van der Waals surface area (Å²) in [7, 11) is 0. The second-order valence-electron chi connectivity index (χ2n) is 6.44. The lowest BCUT2D eigenvalue weighted by Crippen LogP contribution is -2.44. The van der Waals surface area contributed by atoms with Crippen LogP contribution in [0.5, 0.6) is 0 Å². The van der Waals surface area contributed by atoms with E-state index in [4.69, 9.17) is 15.3 Å². The molecule has 0 aliphatic rings. The maximum atomic E-state index is 12.6. The molecule has 3 unspecified atom stereocenters. The Balaban J connectivity index is 3.40. The molecule has 0 aromatic heterocycles. The van der Waals surface area contributed by atoms with E-state index in [1.165, 1.54) is 0 Å². The third kappa shape index (κ3) is 8.18. The molecule has 1 aromatic carbocycles. The van der Waals surface area contributed by atoms with Crippen LogP contribution >= 0.6 is 37.9 Å². The maximum Gasteiger partial charge on any atom is 0.327 e. The summed E-state index contributed by atoms with van der Waals surface area (Å²) in [6.45, 7) is 0. The molecule has 0 bridgehead atoms. The van der Waals surface area contributed by atoms with Gasteiger partial charge in [-0.1, -0.05) is 0 Å². The number of nitrogens with one attached hydrogen (secondary N) is 3. The Kier molecular flexibility index (Phi) is 11.0. The molecule has 0 saturated carbocycles. The number of carboxylic acid groups (broad SMARTS) is 3. The van der Waals surface area contributed by atoms with E-state index in [1.807, 2.05) is 0 Å². The molecule has 0 fully saturated rings. The number of benzene rings is 1. The van der Waals surface area contributed by atoms with Crippen molar-refractivity contribution in [3.63, 3.8) is 0 Å². The van der Waals surface area contributed by atoms with Crippen molar-refractivity contribution in [3.05, 3.63) is 34.9 Å². The zero-order valence-electron chi connectivity index (χ0n) is 16.7. The molecule has 0 radical (unpaired) electrons. The third-order valence-corrected chi connectivity index (χ3v) is 5.17. The molecule has 3 amide bonds. The van der Waals surface area contributed by atoms with E-state index in [0.29, 0.717) is 0 Å². The summed E-state index contributed by atoms with van der Waals surface area (Å²) in [4.78, 5) is 71.2. The minimum absolute atomic E-state index is 0.251. The van der Waals surface area contributed by atoms with E-state index in [2.05, 4.69) is 53.8 Å². The lowest BCUT2D eigenvalue weighted by Gasteiger charge is -2.16. The van der Waals surface area contributed by atoms with Gasteiger partial charge >= 0.3 is 17.9 Å². The highest BCUT2D eigenvalue weighted by molar-refractivity contribution is 7.80. The monoisotopic (exact) mass is 519 g/mol. The molecular formula is C18H21N3O9S3. The van der Waals surface area contributed by atoms with Gasteiger partial charge in [-0.3, -0.25) is 14.4 Å². The number of hydrogen-bond acceptors (Lipinski definition) is 9. The summed E-state index contributed by atoms with van der Waals surface area (Å²) in [5.41, 5.74) is -0.927. The smallest absolute Gasteiger partial charge is 0.327 e. The first kappa shape index (κ1) is 28.1. The Morgan fingerprint density at radius 1 is 0.576 bits per heavy atom. The molecule has 33 heavy (non-hydrogen) atoms. The SMILES string of the molecule is O=C(NC(CS)C(=O)O)c1cc(C(=O)NC(CS)C(=O)O)cc(C(=O)NC(CS)C(=O)O)c1. The number of aliphatic carboxylic acids is 3. The Morgan fingerprint density at radius 3 is 0.939 bits per heavy atom. The number of hydrogen-bond donors (Lipinski definition) is 9. The number of carboxylic acids is 3. The molecule has 12 nitrogen and oxygen atoms in total. The van der Waals surface area contributed by atoms with Crippen molar-refractivity contribution < 1.29 is 44.1 Å². The van der Waals surface area contributed by atoms with Crippen molar-refractivity contribution in [2.75, 3.05) is 17.3 Å². The summed E-state index contributed by atoms with van der Waals surface area (Å²) in [5, 5.41) is 33.8. The van der Waals surface area contributed by atoms with Gasteiger partial charge in [0.25, 0.3) is 17.7 Å². The molecule has 1 aromatic rings. The van der Waals surface area contributed by atoms with Crippen molar-refractivity contribution in [3.8, 4) is 0 Å². The third-order valence-electron chi connectivity index (χ3n) is 4.08. The number of amides is 3. The van der Waals surface area contributed by atoms with E-state index in [1.54, 1.807) is 0 Å². The molecule has 0 heterocycles. The van der Waals surface area contributed by atoms with Crippen LogP contribution in [0.4, 0.5) is 0 Å². The Hall–Kier alpha value is -2.91. The molecule has 0 aliphatic heterocycles. The van der Waals surface area contributed by atoms with Crippen LogP contribution < -0.4 is 16.0 Å². The quantitative estimate of drug-likeness (QED) is 0.156. The maximum absolute atomic E-state index is 12.6. The summed E-state index contributed by atoms with van der Waals surface area (Å²) in [5.74, 6) is -7.77. The molecule has 3 atom stereocenters. The van der Waals surface area contributed by atoms with Crippen LogP contribution in [-0.2, 0) is 14.4 Å². The van der Waals surface area contributed by atoms with Crippen molar-refractivity contribution in [2.45, 2.75) is 18.1 Å². The highest BCUT2D eigenvalue weighted by Gasteiger charge is 2.25. The molecule has 0 aliphatic carbocycles. The lowest BCUT2D eigenvalue weighted by atomic mass is 10.0. The first-order chi connectivity index (χ1) is 15.4. The summed E-state index contributed by atoms with van der Waals surface area (Å²) >= 11 is 11.5. The van der Waals surface area contributed by atoms with Crippen molar-refractivity contribution in [1.29, 1.82) is 0 Å². The van der Waals surface area contributed by atoms with Gasteiger partial charge in [0.15, 0.2) is 0 Å². The van der Waals surface area contributed by atoms with Crippen LogP contribution in [-0.4, -0.2) is 86.3 Å². The highest BCUT2D eigenvalue weighted by Crippen LogP contribution is 2.13. The van der Waals surface area contributed by atoms with Gasteiger partial charge in [0.2, 0.25) is 0 Å². The van der Waals surface area contributed by atoms with Gasteiger partial charge in [-0.05, 0) is 18.2 Å². The zero-order chi connectivity index (χ0) is 25.3. The second kappa shape index (κ2) is 13.0. The number of thiol groups is 3. The first-order valence-electron chi connectivity index (χ1n) is 9.03. The van der Waals surface area contributed by atoms with Crippen LogP contribution in [0.3, 0.4) is 0 Å². The normalized spacial score (nSPS) is 13.2. The predicted molar refractivity (Wildman–Crippen MR) is 125 cm³/mol. The van der Waals surface area contributed by atoms with Crippen LogP contribution in [0.25, 0.3) is 0 Å². The topological polar surface area (TPSA) is 199 Å². The van der Waals surface area contributed by atoms with Crippen molar-refractivity contribution >= 4 is 73.5 Å². The highest BCUT2D eigenvalue weighted by atomic mass is 32.1. The van der Waals surface area contributed by atoms with Crippen LogP contribution in [0, 0.1) is 0 Å². The van der Waals surface area contributed by atoms with Gasteiger partial charge in [-0.15, -0.1) is 0 Å². The van der Waals surface area contributed by atoms with Crippen LogP contribution in [0.15, 0.2) is 18.2 Å². The summed E-state index contributed by atoms with van der Waals surface area (Å²) in [6.07, 6.45) is 0.